The largest absolute Gasteiger partial charge is 0.396 e. The first-order chi connectivity index (χ1) is 8.65. The van der Waals surface area contributed by atoms with E-state index in [9.17, 15) is 4.39 Å². The van der Waals surface area contributed by atoms with Crippen molar-refractivity contribution < 1.29 is 4.39 Å². The second-order valence-electron chi connectivity index (χ2n) is 3.94. The van der Waals surface area contributed by atoms with Gasteiger partial charge in [-0.25, -0.2) is 4.39 Å². The lowest BCUT2D eigenvalue weighted by Gasteiger charge is -2.06. The summed E-state index contributed by atoms with van der Waals surface area (Å²) in [5.41, 5.74) is 7.86. The van der Waals surface area contributed by atoms with Gasteiger partial charge >= 0.3 is 0 Å². The Bertz CT molecular complexity index is 739. The number of rotatable bonds is 1. The van der Waals surface area contributed by atoms with Crippen molar-refractivity contribution in [1.29, 1.82) is 0 Å². The average Bonchev–Trinajstić information content (AvgIpc) is 2.80. The summed E-state index contributed by atoms with van der Waals surface area (Å²) in [6.07, 6.45) is 0. The smallest absolute Gasteiger partial charge is 0.146 e. The summed E-state index contributed by atoms with van der Waals surface area (Å²) in [4.78, 5) is 0. The molecule has 0 amide bonds. The highest BCUT2D eigenvalue weighted by Gasteiger charge is 2.09. The summed E-state index contributed by atoms with van der Waals surface area (Å²) in [5.74, 6) is -0.465. The van der Waals surface area contributed by atoms with E-state index in [0.717, 1.165) is 16.5 Å². The van der Waals surface area contributed by atoms with Gasteiger partial charge in [0.1, 0.15) is 5.82 Å². The van der Waals surface area contributed by atoms with E-state index in [-0.39, 0.29) is 5.69 Å². The monoisotopic (exact) mass is 278 g/mol. The lowest BCUT2D eigenvalue weighted by atomic mass is 10.0. The quantitative estimate of drug-likeness (QED) is 0.673. The van der Waals surface area contributed by atoms with Gasteiger partial charge in [-0.3, -0.25) is 0 Å². The Hall–Kier alpha value is -1.65. The predicted molar refractivity (Wildman–Crippen MR) is 74.4 cm³/mol. The zero-order valence-electron chi connectivity index (χ0n) is 9.15. The molecular formula is C13H8ClFN2S. The number of benzene rings is 2. The molecule has 3 rings (SSSR count). The molecule has 18 heavy (non-hydrogen) atoms. The molecular weight excluding hydrogens is 271 g/mol. The average molecular weight is 279 g/mol. The van der Waals surface area contributed by atoms with Gasteiger partial charge < -0.3 is 5.73 Å². The zero-order valence-corrected chi connectivity index (χ0v) is 10.7. The summed E-state index contributed by atoms with van der Waals surface area (Å²) in [6, 6.07) is 8.51. The lowest BCUT2D eigenvalue weighted by Crippen LogP contribution is -1.92. The Morgan fingerprint density at radius 2 is 2.06 bits per heavy atom. The van der Waals surface area contributed by atoms with E-state index >= 15 is 0 Å². The highest BCUT2D eigenvalue weighted by molar-refractivity contribution is 7.04. The topological polar surface area (TPSA) is 38.9 Å². The highest BCUT2D eigenvalue weighted by atomic mass is 35.5. The highest BCUT2D eigenvalue weighted by Crippen LogP contribution is 2.33. The molecule has 0 atom stereocenters. The predicted octanol–water partition coefficient (Wildman–Crippen LogP) is 4.34. The van der Waals surface area contributed by atoms with E-state index < -0.39 is 5.82 Å². The Morgan fingerprint density at radius 3 is 2.89 bits per heavy atom. The summed E-state index contributed by atoms with van der Waals surface area (Å²) < 4.78 is 17.8. The fourth-order valence-corrected chi connectivity index (χ4v) is 2.73. The molecule has 2 nitrogen and oxygen atoms in total. The summed E-state index contributed by atoms with van der Waals surface area (Å²) in [5, 5.41) is 3.46. The number of aromatic nitrogens is 1. The Balaban J connectivity index is 2.21. The molecule has 0 unspecified atom stereocenters. The third kappa shape index (κ3) is 1.83. The van der Waals surface area contributed by atoms with Crippen LogP contribution in [0.1, 0.15) is 0 Å². The normalized spacial score (nSPS) is 11.0. The Morgan fingerprint density at radius 1 is 1.22 bits per heavy atom. The summed E-state index contributed by atoms with van der Waals surface area (Å²) in [6.45, 7) is 0. The van der Waals surface area contributed by atoms with Gasteiger partial charge in [0.25, 0.3) is 0 Å². The molecule has 0 saturated carbocycles. The van der Waals surface area contributed by atoms with Crippen LogP contribution >= 0.6 is 23.1 Å². The van der Waals surface area contributed by atoms with Gasteiger partial charge in [-0.2, -0.15) is 4.37 Å². The molecule has 0 spiro atoms. The van der Waals surface area contributed by atoms with Crippen molar-refractivity contribution in [3.8, 4) is 11.1 Å². The summed E-state index contributed by atoms with van der Waals surface area (Å²) in [7, 11) is 0. The molecule has 5 heteroatoms. The van der Waals surface area contributed by atoms with Crippen LogP contribution in [0.3, 0.4) is 0 Å². The first kappa shape index (κ1) is 11.4. The fourth-order valence-electron chi connectivity index (χ4n) is 1.81. The van der Waals surface area contributed by atoms with Crippen LogP contribution in [0.5, 0.6) is 0 Å². The maximum absolute atomic E-state index is 13.5. The number of nitrogen functional groups attached to an aromatic ring is 1. The van der Waals surface area contributed by atoms with Crippen LogP contribution in [0.2, 0.25) is 5.02 Å². The molecule has 1 heterocycles. The van der Waals surface area contributed by atoms with Crippen molar-refractivity contribution in [3.63, 3.8) is 0 Å². The van der Waals surface area contributed by atoms with Crippen LogP contribution in [-0.4, -0.2) is 4.37 Å². The zero-order chi connectivity index (χ0) is 12.7. The van der Waals surface area contributed by atoms with E-state index in [1.807, 2.05) is 23.6 Å². The number of hydrogen-bond donors (Lipinski definition) is 1. The first-order valence-corrected chi connectivity index (χ1v) is 6.45. The van der Waals surface area contributed by atoms with Crippen molar-refractivity contribution in [2.75, 3.05) is 5.73 Å². The second kappa shape index (κ2) is 4.23. The number of halogens is 2. The fraction of sp³-hybridized carbons (Fsp3) is 0. The minimum absolute atomic E-state index is 0.0542. The Kier molecular flexibility index (Phi) is 2.69. The maximum Gasteiger partial charge on any atom is 0.146 e. The lowest BCUT2D eigenvalue weighted by molar-refractivity contribution is 0.633. The van der Waals surface area contributed by atoms with Crippen LogP contribution in [0, 0.1) is 5.82 Å². The van der Waals surface area contributed by atoms with Gasteiger partial charge in [0.05, 0.1) is 16.2 Å². The van der Waals surface area contributed by atoms with E-state index in [4.69, 9.17) is 17.3 Å². The van der Waals surface area contributed by atoms with Crippen molar-refractivity contribution >= 4 is 39.7 Å². The minimum Gasteiger partial charge on any atom is -0.396 e. The van der Waals surface area contributed by atoms with Crippen LogP contribution in [-0.2, 0) is 0 Å². The minimum atomic E-state index is -0.465. The summed E-state index contributed by atoms with van der Waals surface area (Å²) >= 11 is 7.49. The molecule has 1 aromatic heterocycles. The van der Waals surface area contributed by atoms with E-state index in [0.29, 0.717) is 10.6 Å². The number of anilines is 1. The number of hydrogen-bond acceptors (Lipinski definition) is 3. The van der Waals surface area contributed by atoms with E-state index in [1.165, 1.54) is 23.7 Å². The van der Waals surface area contributed by atoms with Gasteiger partial charge in [-0.1, -0.05) is 23.7 Å². The molecule has 0 aliphatic heterocycles. The number of fused-ring (bicyclic) bond motifs is 1. The molecule has 0 aliphatic rings. The maximum atomic E-state index is 13.5. The molecule has 0 saturated heterocycles. The van der Waals surface area contributed by atoms with E-state index in [1.54, 1.807) is 0 Å². The third-order valence-electron chi connectivity index (χ3n) is 2.76. The molecule has 0 radical (unpaired) electrons. The molecule has 2 aromatic carbocycles. The first-order valence-electron chi connectivity index (χ1n) is 5.24. The van der Waals surface area contributed by atoms with E-state index in [2.05, 4.69) is 4.37 Å². The van der Waals surface area contributed by atoms with Gasteiger partial charge in [-0.05, 0) is 35.3 Å². The molecule has 0 bridgehead atoms. The van der Waals surface area contributed by atoms with Gasteiger partial charge in [-0.15, -0.1) is 0 Å². The van der Waals surface area contributed by atoms with Gasteiger partial charge in [0.2, 0.25) is 0 Å². The van der Waals surface area contributed by atoms with Crippen LogP contribution < -0.4 is 5.73 Å². The standard InChI is InChI=1S/C13H8ClFN2S/c14-10-5-12(16)11(15)4-9(10)7-1-2-8-6-18-17-13(8)3-7/h1-6H,16H2. The molecule has 0 aliphatic carbocycles. The number of nitrogens with zero attached hydrogens (tertiary/aromatic N) is 1. The Labute approximate surface area is 112 Å². The van der Waals surface area contributed by atoms with Crippen molar-refractivity contribution in [2.24, 2.45) is 0 Å². The molecule has 90 valence electrons. The SMILES string of the molecule is Nc1cc(Cl)c(-c2ccc3csnc3c2)cc1F. The van der Waals surface area contributed by atoms with Crippen molar-refractivity contribution in [1.82, 2.24) is 4.37 Å². The second-order valence-corrected chi connectivity index (χ2v) is 4.98. The van der Waals surface area contributed by atoms with Crippen LogP contribution in [0.25, 0.3) is 22.0 Å². The third-order valence-corrected chi connectivity index (χ3v) is 3.73. The molecule has 0 fully saturated rings. The van der Waals surface area contributed by atoms with Crippen molar-refractivity contribution in [3.05, 3.63) is 46.6 Å². The number of nitrogens with two attached hydrogens (primary N) is 1. The van der Waals surface area contributed by atoms with Crippen LogP contribution in [0.15, 0.2) is 35.7 Å². The molecule has 3 aromatic rings. The van der Waals surface area contributed by atoms with Gasteiger partial charge in [0.15, 0.2) is 0 Å². The van der Waals surface area contributed by atoms with Crippen molar-refractivity contribution in [2.45, 2.75) is 0 Å². The van der Waals surface area contributed by atoms with Crippen LogP contribution in [0.4, 0.5) is 10.1 Å². The van der Waals surface area contributed by atoms with Gasteiger partial charge in [0, 0.05) is 16.3 Å². The molecule has 2 N–H and O–H groups in total.